The van der Waals surface area contributed by atoms with Gasteiger partial charge >= 0.3 is 23.9 Å². The first kappa shape index (κ1) is 109. The molecule has 23 nitrogen and oxygen atoms in total. The monoisotopic (exact) mass is 2180 g/mol. The Morgan fingerprint density at radius 2 is 1.05 bits per heavy atom. The van der Waals surface area contributed by atoms with Gasteiger partial charge in [-0.05, 0) is 351 Å². The van der Waals surface area contributed by atoms with Crippen LogP contribution in [0.5, 0.6) is 17.2 Å². The summed E-state index contributed by atoms with van der Waals surface area (Å²) in [5, 5.41) is 75.0. The average molecular weight is 2180 g/mol. The zero-order chi connectivity index (χ0) is 91.1. The van der Waals surface area contributed by atoms with E-state index < -0.39 is 73.7 Å². The number of unbranched alkanes of at least 4 members (excludes halogenated alkanes) is 8. The van der Waals surface area contributed by atoms with E-state index in [1.807, 2.05) is 42.5 Å². The van der Waals surface area contributed by atoms with Gasteiger partial charge in [0.15, 0.2) is 11.5 Å². The van der Waals surface area contributed by atoms with Gasteiger partial charge in [-0.15, -0.1) is 6.42 Å². The number of aliphatic hydroxyl groups is 3. The summed E-state index contributed by atoms with van der Waals surface area (Å²) in [6, 6.07) is 28.1. The van der Waals surface area contributed by atoms with E-state index in [2.05, 4.69) is 164 Å². The Labute approximate surface area is 780 Å². The number of carbonyl (C=O) groups is 5. The molecule has 0 heterocycles. The summed E-state index contributed by atoms with van der Waals surface area (Å²) in [7, 11) is -6.54. The third kappa shape index (κ3) is 38.2. The maximum atomic E-state index is 11.8. The van der Waals surface area contributed by atoms with Crippen molar-refractivity contribution < 1.29 is 86.4 Å². The molecule has 12 N–H and O–H groups in total. The molecule has 0 aromatic heterocycles. The maximum absolute atomic E-state index is 11.8. The number of carboxylic acids is 4. The van der Waals surface area contributed by atoms with Crippen LogP contribution in [0.3, 0.4) is 0 Å². The normalized spacial score (nSPS) is 19.3. The Kier molecular flexibility index (Phi) is 49.3. The van der Waals surface area contributed by atoms with Crippen LogP contribution in [0.2, 0.25) is 0 Å². The molecule has 0 radical (unpaired) electrons. The highest BCUT2D eigenvalue weighted by Crippen LogP contribution is 2.66. The third-order valence-corrected chi connectivity index (χ3v) is 27.5. The molecule has 4 aliphatic rings. The number of carbonyl (C=O) groups excluding carboxylic acids is 1. The lowest BCUT2D eigenvalue weighted by molar-refractivity contribution is -0.139. The standard InChI is InChI=1S/C21H28O2.2C20H36N2O3S.C15H11I4NO4.C13H18O2.C4H4O4/c1-3-20-11-9-17-16-8-6-15(22)13-14(16)5-7-18(17)19(20)10-12-21(20,23)4-2;2*1-4-6-7-8-9-16-22(5-2)17-10-11-20(23)18-12-14-19(15-13-18)21-26(3,24)25;16-8-4-7(5-9(17)13(8)21)24-14-10(18)1-6(2-11(14)19)3-12(20)15(22)23;1-9(2)8-11-4-6-12(7-5-11)10(3)13(14)15;5-3(6)1-2-4(7)8/h2,13,16-19,23H,3,5-12H2,1H3;2*12-15,20-21,23H,4-11,16-17H2,1-3H3;1-2,4-5,12,21H,3,20H2,(H,22,23);4-7,9-10H,8H2,1-3H3,(H,14,15);1-2H,(H,5,6)(H,7,8)/b;;;;;2-1+/t16-,17+,18+,19-,20-,21-;;;12-;;/m0..0../s1. The van der Waals surface area contributed by atoms with Gasteiger partial charge < -0.3 is 61.1 Å². The highest BCUT2D eigenvalue weighted by atomic mass is 127. The van der Waals surface area contributed by atoms with Gasteiger partial charge in [0.1, 0.15) is 23.1 Å². The van der Waals surface area contributed by atoms with Crippen LogP contribution in [-0.4, -0.2) is 161 Å². The SMILES string of the molecule is C#C[C@]1(O)CC[C@H]2[C@@H]3CCC4=CC(=O)CC[C@@H]4[C@H]3CC[C@@]21CC.CC(C)Cc1ccc(C(C)C(=O)O)cc1.CCCCCCCN(CC)CCCC(O)c1ccc(NS(C)(=O)=O)cc1.CCCCCCCN(CC)CCCC(O)c1ccc(NS(C)(=O)=O)cc1.N[C@@H](Cc1cc(I)c(Oc2cc(I)c(O)c(I)c2)c(I)c1)C(=O)O.O=C(O)/C=C/C(=O)O. The molecule has 0 bridgehead atoms. The predicted octanol–water partition coefficient (Wildman–Crippen LogP) is 19.6. The highest BCUT2D eigenvalue weighted by molar-refractivity contribution is 14.1. The van der Waals surface area contributed by atoms with Crippen LogP contribution in [0.25, 0.3) is 0 Å². The number of aliphatic carboxylic acids is 4. The van der Waals surface area contributed by atoms with E-state index >= 15 is 0 Å². The number of rotatable bonds is 40. The van der Waals surface area contributed by atoms with E-state index in [1.54, 1.807) is 67.6 Å². The maximum Gasteiger partial charge on any atom is 0.328 e. The minimum Gasteiger partial charge on any atom is -0.506 e. The molecule has 3 saturated carbocycles. The van der Waals surface area contributed by atoms with Gasteiger partial charge in [-0.25, -0.2) is 26.4 Å². The Morgan fingerprint density at radius 1 is 0.590 bits per heavy atom. The number of sulfonamides is 2. The summed E-state index contributed by atoms with van der Waals surface area (Å²) in [5.74, 6) is 3.21. The van der Waals surface area contributed by atoms with Crippen LogP contribution in [0.15, 0.2) is 121 Å². The average Bonchev–Trinajstić information content (AvgIpc) is 1.54. The van der Waals surface area contributed by atoms with Crippen molar-refractivity contribution in [3.05, 3.63) is 163 Å². The number of ketones is 1. The van der Waals surface area contributed by atoms with Crippen LogP contribution in [0, 0.1) is 61.6 Å². The van der Waals surface area contributed by atoms with Crippen molar-refractivity contribution in [2.24, 2.45) is 40.7 Å². The number of terminal acetylenes is 1. The highest BCUT2D eigenvalue weighted by Gasteiger charge is 2.63. The first-order valence-corrected chi connectivity index (χ1v) is 50.8. The van der Waals surface area contributed by atoms with Crippen molar-refractivity contribution in [3.63, 3.8) is 0 Å². The number of phenols is 1. The van der Waals surface area contributed by atoms with E-state index in [4.69, 9.17) is 37.3 Å². The molecule has 9 rings (SSSR count). The second kappa shape index (κ2) is 55.3. The van der Waals surface area contributed by atoms with E-state index in [0.29, 0.717) is 90.4 Å². The quantitative estimate of drug-likeness (QED) is 0.00751. The Hall–Kier alpha value is -5.53. The summed E-state index contributed by atoms with van der Waals surface area (Å²) in [4.78, 5) is 57.4. The van der Waals surface area contributed by atoms with Crippen molar-refractivity contribution in [2.45, 2.75) is 246 Å². The van der Waals surface area contributed by atoms with Crippen molar-refractivity contribution in [1.29, 1.82) is 0 Å². The first-order valence-electron chi connectivity index (χ1n) is 42.7. The number of nitrogens with zero attached hydrogens (tertiary/aromatic N) is 2. The van der Waals surface area contributed by atoms with E-state index in [9.17, 15) is 61.2 Å². The molecule has 5 aromatic carbocycles. The van der Waals surface area contributed by atoms with Crippen LogP contribution in [0.4, 0.5) is 11.4 Å². The molecular weight excluding hydrogens is 2050 g/mol. The second-order valence-corrected chi connectivity index (χ2v) is 40.8. The van der Waals surface area contributed by atoms with Gasteiger partial charge in [0.05, 0.1) is 44.9 Å². The van der Waals surface area contributed by atoms with Crippen molar-refractivity contribution in [1.82, 2.24) is 9.80 Å². The molecular formula is C93H133I4N5O18S2. The van der Waals surface area contributed by atoms with E-state index in [0.717, 1.165) is 145 Å². The fourth-order valence-corrected chi connectivity index (χ4v) is 21.6. The number of carboxylic acid groups (broad SMARTS) is 4. The minimum atomic E-state index is -3.27. The largest absolute Gasteiger partial charge is 0.506 e. The number of nitrogens with two attached hydrogens (primary N) is 1. The molecule has 10 atom stereocenters. The van der Waals surface area contributed by atoms with Crippen LogP contribution < -0.4 is 19.9 Å². The zero-order valence-corrected chi connectivity index (χ0v) is 82.9. The molecule has 122 heavy (non-hydrogen) atoms. The van der Waals surface area contributed by atoms with Gasteiger partial charge in [0, 0.05) is 35.4 Å². The molecule has 0 amide bonds. The topological polar surface area (TPSA) is 381 Å². The lowest BCUT2D eigenvalue weighted by atomic mass is 9.49. The summed E-state index contributed by atoms with van der Waals surface area (Å²) >= 11 is 8.42. The van der Waals surface area contributed by atoms with Crippen molar-refractivity contribution in [2.75, 3.05) is 61.2 Å². The number of anilines is 2. The van der Waals surface area contributed by atoms with Gasteiger partial charge in [0.25, 0.3) is 0 Å². The van der Waals surface area contributed by atoms with E-state index in [-0.39, 0.29) is 17.6 Å². The lowest BCUT2D eigenvalue weighted by Crippen LogP contribution is -2.53. The summed E-state index contributed by atoms with van der Waals surface area (Å²) < 4.78 is 58.9. The van der Waals surface area contributed by atoms with Crippen LogP contribution in [0.1, 0.15) is 249 Å². The van der Waals surface area contributed by atoms with Crippen molar-refractivity contribution in [3.8, 4) is 29.6 Å². The third-order valence-electron chi connectivity index (χ3n) is 23.1. The molecule has 4 aliphatic carbocycles. The molecule has 3 fully saturated rings. The number of aliphatic hydroxyl groups excluding tert-OH is 2. The molecule has 678 valence electrons. The molecule has 0 saturated heterocycles. The molecule has 0 spiro atoms. The number of nitrogens with one attached hydrogen (secondary N) is 2. The number of benzene rings is 5. The lowest BCUT2D eigenvalue weighted by Gasteiger charge is -2.55. The summed E-state index contributed by atoms with van der Waals surface area (Å²) in [5.41, 5.74) is 11.7. The number of allylic oxidation sites excluding steroid dienone is 1. The zero-order valence-electron chi connectivity index (χ0n) is 72.6. The van der Waals surface area contributed by atoms with Crippen molar-refractivity contribution >= 4 is 151 Å². The fraction of sp³-hybridized carbons (Fsp3) is 0.559. The number of phenolic OH excluding ortho intramolecular Hbond substituents is 1. The molecule has 29 heteroatoms. The predicted molar refractivity (Wildman–Crippen MR) is 521 cm³/mol. The molecule has 3 unspecified atom stereocenters. The molecule has 0 aliphatic heterocycles. The smallest absolute Gasteiger partial charge is 0.328 e. The number of hydrogen-bond donors (Lipinski definition) is 11. The number of ether oxygens (including phenoxy) is 1. The number of halogens is 4. The van der Waals surface area contributed by atoms with E-state index in [1.165, 1.54) is 88.2 Å². The van der Waals surface area contributed by atoms with Crippen LogP contribution >= 0.6 is 90.4 Å². The van der Waals surface area contributed by atoms with Gasteiger partial charge in [0.2, 0.25) is 20.0 Å². The summed E-state index contributed by atoms with van der Waals surface area (Å²) in [6.45, 7) is 23.5. The molecule has 5 aromatic rings. The second-order valence-electron chi connectivity index (χ2n) is 32.7. The Bertz CT molecular complexity index is 4270. The number of aromatic hydroxyl groups is 1. The van der Waals surface area contributed by atoms with Gasteiger partial charge in [-0.3, -0.25) is 23.8 Å². The van der Waals surface area contributed by atoms with Gasteiger partial charge in [-0.2, -0.15) is 0 Å². The summed E-state index contributed by atoms with van der Waals surface area (Å²) in [6.07, 6.45) is 36.9. The minimum absolute atomic E-state index is 0.0609. The fourth-order valence-electron chi connectivity index (χ4n) is 16.6. The van der Waals surface area contributed by atoms with Crippen LogP contribution in [-0.2, 0) is 56.9 Å². The van der Waals surface area contributed by atoms with Gasteiger partial charge in [-0.1, -0.05) is 160 Å². The Morgan fingerprint density at radius 3 is 1.46 bits per heavy atom. The Balaban J connectivity index is 0.000000315. The number of hydrogen-bond acceptors (Lipinski definition) is 17. The number of fused-ring (bicyclic) bond motifs is 5. The first-order chi connectivity index (χ1) is 57.6.